The van der Waals surface area contributed by atoms with E-state index >= 15 is 0 Å². The van der Waals surface area contributed by atoms with Gasteiger partial charge in [-0.3, -0.25) is 4.79 Å². The molecule has 0 bridgehead atoms. The first-order valence-electron chi connectivity index (χ1n) is 6.54. The summed E-state index contributed by atoms with van der Waals surface area (Å²) in [5.74, 6) is 1.68. The molecule has 1 saturated carbocycles. The molecule has 0 unspecified atom stereocenters. The molecule has 1 aromatic rings. The van der Waals surface area contributed by atoms with Crippen molar-refractivity contribution in [3.63, 3.8) is 0 Å². The van der Waals surface area contributed by atoms with E-state index in [4.69, 9.17) is 10.2 Å². The Bertz CT molecular complexity index is 416. The second-order valence-electron chi connectivity index (χ2n) is 5.50. The highest BCUT2D eigenvalue weighted by Crippen LogP contribution is 2.40. The van der Waals surface area contributed by atoms with Crippen molar-refractivity contribution in [2.75, 3.05) is 20.1 Å². The van der Waals surface area contributed by atoms with Crippen molar-refractivity contribution in [2.24, 2.45) is 11.1 Å². The Morgan fingerprint density at radius 1 is 1.50 bits per heavy atom. The minimum absolute atomic E-state index is 0.101. The van der Waals surface area contributed by atoms with E-state index in [9.17, 15) is 4.79 Å². The van der Waals surface area contributed by atoms with Crippen LogP contribution in [0, 0.1) is 12.3 Å². The highest BCUT2D eigenvalue weighted by molar-refractivity contribution is 5.78. The maximum atomic E-state index is 12.1. The SMILES string of the molecule is Cc1ccc(CC(=O)N(C)CC2(CN)CCC2)o1. The molecule has 1 heterocycles. The van der Waals surface area contributed by atoms with Gasteiger partial charge in [0.2, 0.25) is 5.91 Å². The van der Waals surface area contributed by atoms with Crippen molar-refractivity contribution in [3.05, 3.63) is 23.7 Å². The van der Waals surface area contributed by atoms with Crippen LogP contribution in [0.1, 0.15) is 30.8 Å². The normalized spacial score (nSPS) is 17.3. The van der Waals surface area contributed by atoms with Crippen LogP contribution in [-0.4, -0.2) is 30.9 Å². The molecule has 0 saturated heterocycles. The van der Waals surface area contributed by atoms with Crippen molar-refractivity contribution < 1.29 is 9.21 Å². The summed E-state index contributed by atoms with van der Waals surface area (Å²) in [4.78, 5) is 13.9. The number of furan rings is 1. The topological polar surface area (TPSA) is 59.5 Å². The van der Waals surface area contributed by atoms with Crippen LogP contribution < -0.4 is 5.73 Å². The smallest absolute Gasteiger partial charge is 0.229 e. The minimum Gasteiger partial charge on any atom is -0.466 e. The average molecular weight is 250 g/mol. The van der Waals surface area contributed by atoms with Crippen LogP contribution in [0.5, 0.6) is 0 Å². The Morgan fingerprint density at radius 2 is 2.22 bits per heavy atom. The lowest BCUT2D eigenvalue weighted by Gasteiger charge is -2.43. The molecule has 0 atom stereocenters. The predicted octanol–water partition coefficient (Wildman–Crippen LogP) is 1.72. The first-order valence-corrected chi connectivity index (χ1v) is 6.54. The van der Waals surface area contributed by atoms with Gasteiger partial charge in [0.1, 0.15) is 11.5 Å². The van der Waals surface area contributed by atoms with E-state index in [1.54, 1.807) is 4.90 Å². The number of rotatable bonds is 5. The van der Waals surface area contributed by atoms with Gasteiger partial charge in [0, 0.05) is 19.0 Å². The Morgan fingerprint density at radius 3 is 2.67 bits per heavy atom. The summed E-state index contributed by atoms with van der Waals surface area (Å²) in [7, 11) is 1.86. The molecule has 0 aromatic carbocycles. The molecule has 4 nitrogen and oxygen atoms in total. The molecular weight excluding hydrogens is 228 g/mol. The fourth-order valence-electron chi connectivity index (χ4n) is 2.56. The molecular formula is C14H22N2O2. The molecule has 0 radical (unpaired) electrons. The summed E-state index contributed by atoms with van der Waals surface area (Å²) in [5.41, 5.74) is 5.99. The zero-order valence-corrected chi connectivity index (χ0v) is 11.2. The van der Waals surface area contributed by atoms with Crippen molar-refractivity contribution >= 4 is 5.91 Å². The third kappa shape index (κ3) is 2.75. The number of nitrogens with two attached hydrogens (primary N) is 1. The molecule has 0 aliphatic heterocycles. The van der Waals surface area contributed by atoms with Crippen LogP contribution in [0.25, 0.3) is 0 Å². The lowest BCUT2D eigenvalue weighted by Crippen LogP contribution is -2.47. The van der Waals surface area contributed by atoms with Crippen molar-refractivity contribution in [1.82, 2.24) is 4.90 Å². The van der Waals surface area contributed by atoms with Gasteiger partial charge in [0.05, 0.1) is 6.42 Å². The Labute approximate surface area is 108 Å². The van der Waals surface area contributed by atoms with Gasteiger partial charge >= 0.3 is 0 Å². The number of carbonyl (C=O) groups is 1. The van der Waals surface area contributed by atoms with E-state index in [1.807, 2.05) is 26.1 Å². The number of nitrogens with zero attached hydrogens (tertiary/aromatic N) is 1. The molecule has 2 N–H and O–H groups in total. The number of carbonyl (C=O) groups excluding carboxylic acids is 1. The van der Waals surface area contributed by atoms with Gasteiger partial charge in [0.25, 0.3) is 0 Å². The van der Waals surface area contributed by atoms with Gasteiger partial charge < -0.3 is 15.1 Å². The monoisotopic (exact) mass is 250 g/mol. The highest BCUT2D eigenvalue weighted by Gasteiger charge is 2.37. The Balaban J connectivity index is 1.88. The molecule has 2 rings (SSSR count). The van der Waals surface area contributed by atoms with Gasteiger partial charge in [0.15, 0.2) is 0 Å². The zero-order valence-electron chi connectivity index (χ0n) is 11.2. The van der Waals surface area contributed by atoms with Crippen LogP contribution in [0.3, 0.4) is 0 Å². The standard InChI is InChI=1S/C14H22N2O2/c1-11-4-5-12(18-11)8-13(17)16(2)10-14(9-15)6-3-7-14/h4-5H,3,6-10,15H2,1-2H3. The Kier molecular flexibility index (Phi) is 3.76. The molecule has 4 heteroatoms. The molecule has 0 spiro atoms. The second-order valence-corrected chi connectivity index (χ2v) is 5.50. The molecule has 1 amide bonds. The van der Waals surface area contributed by atoms with Crippen LogP contribution in [0.4, 0.5) is 0 Å². The quantitative estimate of drug-likeness (QED) is 0.865. The van der Waals surface area contributed by atoms with Crippen molar-refractivity contribution in [1.29, 1.82) is 0 Å². The first kappa shape index (κ1) is 13.1. The summed E-state index contributed by atoms with van der Waals surface area (Å²) < 4.78 is 5.43. The zero-order chi connectivity index (χ0) is 13.2. The number of hydrogen-bond acceptors (Lipinski definition) is 3. The van der Waals surface area contributed by atoms with Crippen LogP contribution in [-0.2, 0) is 11.2 Å². The Hall–Kier alpha value is -1.29. The molecule has 1 aromatic heterocycles. The summed E-state index contributed by atoms with van der Waals surface area (Å²) in [6.07, 6.45) is 3.85. The minimum atomic E-state index is 0.101. The number of amides is 1. The largest absolute Gasteiger partial charge is 0.466 e. The third-order valence-electron chi connectivity index (χ3n) is 3.97. The lowest BCUT2D eigenvalue weighted by molar-refractivity contribution is -0.131. The predicted molar refractivity (Wildman–Crippen MR) is 70.1 cm³/mol. The second kappa shape index (κ2) is 5.14. The van der Waals surface area contributed by atoms with Crippen LogP contribution in [0.15, 0.2) is 16.5 Å². The number of hydrogen-bond donors (Lipinski definition) is 1. The summed E-state index contributed by atoms with van der Waals surface area (Å²) in [6.45, 7) is 3.32. The number of aryl methyl sites for hydroxylation is 1. The van der Waals surface area contributed by atoms with E-state index < -0.39 is 0 Å². The van der Waals surface area contributed by atoms with E-state index in [-0.39, 0.29) is 11.3 Å². The maximum absolute atomic E-state index is 12.1. The van der Waals surface area contributed by atoms with E-state index in [2.05, 4.69) is 0 Å². The fourth-order valence-corrected chi connectivity index (χ4v) is 2.56. The highest BCUT2D eigenvalue weighted by atomic mass is 16.3. The van der Waals surface area contributed by atoms with E-state index in [1.165, 1.54) is 6.42 Å². The molecule has 1 fully saturated rings. The van der Waals surface area contributed by atoms with Gasteiger partial charge in [-0.1, -0.05) is 6.42 Å². The van der Waals surface area contributed by atoms with E-state index in [0.29, 0.717) is 13.0 Å². The fraction of sp³-hybridized carbons (Fsp3) is 0.643. The van der Waals surface area contributed by atoms with Crippen molar-refractivity contribution in [3.8, 4) is 0 Å². The molecule has 100 valence electrons. The van der Waals surface area contributed by atoms with Crippen LogP contribution >= 0.6 is 0 Å². The van der Waals surface area contributed by atoms with Crippen molar-refractivity contribution in [2.45, 2.75) is 32.6 Å². The lowest BCUT2D eigenvalue weighted by atomic mass is 9.68. The average Bonchev–Trinajstić information content (AvgIpc) is 2.69. The van der Waals surface area contributed by atoms with Gasteiger partial charge in [-0.25, -0.2) is 0 Å². The number of likely N-dealkylation sites (N-methyl/N-ethyl adjacent to an activating group) is 1. The first-order chi connectivity index (χ1) is 8.54. The van der Waals surface area contributed by atoms with E-state index in [0.717, 1.165) is 30.9 Å². The summed E-state index contributed by atoms with van der Waals surface area (Å²) in [6, 6.07) is 3.75. The summed E-state index contributed by atoms with van der Waals surface area (Å²) in [5, 5.41) is 0. The molecule has 1 aliphatic rings. The van der Waals surface area contributed by atoms with Gasteiger partial charge in [-0.2, -0.15) is 0 Å². The van der Waals surface area contributed by atoms with Gasteiger partial charge in [-0.15, -0.1) is 0 Å². The third-order valence-corrected chi connectivity index (χ3v) is 3.97. The maximum Gasteiger partial charge on any atom is 0.229 e. The van der Waals surface area contributed by atoms with Crippen LogP contribution in [0.2, 0.25) is 0 Å². The molecule has 18 heavy (non-hydrogen) atoms. The van der Waals surface area contributed by atoms with Gasteiger partial charge in [-0.05, 0) is 38.4 Å². The summed E-state index contributed by atoms with van der Waals surface area (Å²) >= 11 is 0. The molecule has 1 aliphatic carbocycles.